The summed E-state index contributed by atoms with van der Waals surface area (Å²) in [6.07, 6.45) is 6.11. The fourth-order valence-corrected chi connectivity index (χ4v) is 5.92. The summed E-state index contributed by atoms with van der Waals surface area (Å²) in [6.45, 7) is 7.24. The van der Waals surface area contributed by atoms with Crippen LogP contribution in [0.15, 0.2) is 30.3 Å². The van der Waals surface area contributed by atoms with Crippen molar-refractivity contribution in [3.8, 4) is 0 Å². The second-order valence-electron chi connectivity index (χ2n) is 9.12. The quantitative estimate of drug-likeness (QED) is 0.685. The molecule has 2 fully saturated rings. The van der Waals surface area contributed by atoms with Gasteiger partial charge in [0.2, 0.25) is 0 Å². The van der Waals surface area contributed by atoms with Crippen LogP contribution in [0, 0.1) is 5.41 Å². The first kappa shape index (κ1) is 15.8. The van der Waals surface area contributed by atoms with E-state index in [0.717, 1.165) is 17.9 Å². The van der Waals surface area contributed by atoms with E-state index in [1.807, 2.05) is 12.1 Å². The van der Waals surface area contributed by atoms with Crippen LogP contribution in [0.25, 0.3) is 0 Å². The van der Waals surface area contributed by atoms with Gasteiger partial charge in [-0.3, -0.25) is 0 Å². The summed E-state index contributed by atoms with van der Waals surface area (Å²) >= 11 is 6.11. The van der Waals surface area contributed by atoms with Crippen molar-refractivity contribution in [2.45, 2.75) is 69.6 Å². The van der Waals surface area contributed by atoms with Gasteiger partial charge in [0, 0.05) is 15.9 Å². The Bertz CT molecular complexity index is 851. The minimum absolute atomic E-state index is 0.0412. The van der Waals surface area contributed by atoms with Crippen molar-refractivity contribution in [1.82, 2.24) is 10.2 Å². The van der Waals surface area contributed by atoms with E-state index in [4.69, 9.17) is 21.8 Å². The fraction of sp³-hybridized carbons (Fsp3) is 0.545. The third kappa shape index (κ3) is 1.82. The van der Waals surface area contributed by atoms with Crippen molar-refractivity contribution in [2.75, 3.05) is 0 Å². The summed E-state index contributed by atoms with van der Waals surface area (Å²) in [6, 6.07) is 10.8. The minimum Gasteiger partial charge on any atom is -0.154 e. The van der Waals surface area contributed by atoms with Crippen LogP contribution >= 0.6 is 11.6 Å². The van der Waals surface area contributed by atoms with Gasteiger partial charge in [0.25, 0.3) is 0 Å². The zero-order chi connectivity index (χ0) is 17.4. The van der Waals surface area contributed by atoms with Crippen LogP contribution in [-0.4, -0.2) is 10.2 Å². The first-order valence-corrected chi connectivity index (χ1v) is 9.91. The molecule has 0 saturated heterocycles. The summed E-state index contributed by atoms with van der Waals surface area (Å²) < 4.78 is 0. The average Bonchev–Trinajstić information content (AvgIpc) is 2.87. The molecule has 1 heterocycles. The molecular formula is C22H25ClN2. The monoisotopic (exact) mass is 352 g/mol. The van der Waals surface area contributed by atoms with E-state index >= 15 is 0 Å². The lowest BCUT2D eigenvalue weighted by atomic mass is 9.62. The molecule has 0 aliphatic heterocycles. The predicted molar refractivity (Wildman–Crippen MR) is 101 cm³/mol. The summed E-state index contributed by atoms with van der Waals surface area (Å²) in [4.78, 5) is 0. The van der Waals surface area contributed by atoms with Gasteiger partial charge >= 0.3 is 0 Å². The van der Waals surface area contributed by atoms with Crippen molar-refractivity contribution in [1.29, 1.82) is 0 Å². The molecule has 2 unspecified atom stereocenters. The van der Waals surface area contributed by atoms with Crippen molar-refractivity contribution in [3.05, 3.63) is 57.9 Å². The molecule has 0 N–H and O–H groups in total. The molecule has 0 spiro atoms. The predicted octanol–water partition coefficient (Wildman–Crippen LogP) is 5.77. The van der Waals surface area contributed by atoms with Gasteiger partial charge in [0.15, 0.2) is 0 Å². The van der Waals surface area contributed by atoms with E-state index < -0.39 is 0 Å². The standard InChI is InChI=1S/C22H25ClN2/c1-20(2)17-9-12-21(20,3)19-16(17)13-18(24-25-19)22(10-4-11-22)14-5-7-15(23)8-6-14/h5-8,13,17H,4,9-12H2,1-3H3. The Kier molecular flexibility index (Phi) is 3.07. The highest BCUT2D eigenvalue weighted by molar-refractivity contribution is 6.30. The maximum absolute atomic E-state index is 6.11. The highest BCUT2D eigenvalue weighted by Crippen LogP contribution is 2.67. The Hall–Kier alpha value is -1.41. The molecule has 2 bridgehead atoms. The molecule has 3 heteroatoms. The van der Waals surface area contributed by atoms with E-state index in [0.29, 0.717) is 5.92 Å². The van der Waals surface area contributed by atoms with E-state index in [9.17, 15) is 0 Å². The lowest BCUT2D eigenvalue weighted by molar-refractivity contribution is 0.226. The van der Waals surface area contributed by atoms with Crippen LogP contribution in [0.1, 0.15) is 81.3 Å². The number of benzene rings is 1. The summed E-state index contributed by atoms with van der Waals surface area (Å²) in [5.74, 6) is 0.629. The lowest BCUT2D eigenvalue weighted by Gasteiger charge is -2.42. The molecule has 2 saturated carbocycles. The van der Waals surface area contributed by atoms with Gasteiger partial charge in [-0.25, -0.2) is 0 Å². The average molecular weight is 353 g/mol. The largest absolute Gasteiger partial charge is 0.154 e. The molecule has 2 aromatic rings. The Morgan fingerprint density at radius 1 is 1.00 bits per heavy atom. The van der Waals surface area contributed by atoms with Crippen LogP contribution in [0.5, 0.6) is 0 Å². The van der Waals surface area contributed by atoms with Crippen molar-refractivity contribution in [3.63, 3.8) is 0 Å². The van der Waals surface area contributed by atoms with Crippen LogP contribution in [0.4, 0.5) is 0 Å². The van der Waals surface area contributed by atoms with Gasteiger partial charge in [-0.05, 0) is 66.3 Å². The molecule has 0 radical (unpaired) electrons. The molecule has 0 amide bonds. The number of rotatable bonds is 2. The molecule has 2 atom stereocenters. The van der Waals surface area contributed by atoms with Crippen LogP contribution < -0.4 is 0 Å². The van der Waals surface area contributed by atoms with Crippen molar-refractivity contribution < 1.29 is 0 Å². The van der Waals surface area contributed by atoms with Gasteiger partial charge in [-0.2, -0.15) is 10.2 Å². The zero-order valence-corrected chi connectivity index (χ0v) is 16.0. The molecule has 3 aliphatic rings. The second kappa shape index (κ2) is 4.85. The first-order chi connectivity index (χ1) is 11.9. The SMILES string of the molecule is CC12CCC(c3cc(C4(c5ccc(Cl)cc5)CCC4)nnc31)C2(C)C. The molecule has 25 heavy (non-hydrogen) atoms. The molecule has 3 aliphatic carbocycles. The normalized spacial score (nSPS) is 30.8. The van der Waals surface area contributed by atoms with Crippen LogP contribution in [0.3, 0.4) is 0 Å². The van der Waals surface area contributed by atoms with E-state index in [1.165, 1.54) is 41.8 Å². The molecule has 2 nitrogen and oxygen atoms in total. The summed E-state index contributed by atoms with van der Waals surface area (Å²) in [5, 5.41) is 10.4. The third-order valence-corrected chi connectivity index (χ3v) is 8.29. The van der Waals surface area contributed by atoms with Gasteiger partial charge in [0.05, 0.1) is 11.4 Å². The van der Waals surface area contributed by atoms with E-state index in [-0.39, 0.29) is 16.2 Å². The molecule has 1 aromatic carbocycles. The number of nitrogens with zero attached hydrogens (tertiary/aromatic N) is 2. The number of hydrogen-bond acceptors (Lipinski definition) is 2. The summed E-state index contributed by atoms with van der Waals surface area (Å²) in [7, 11) is 0. The highest BCUT2D eigenvalue weighted by atomic mass is 35.5. The van der Waals surface area contributed by atoms with Crippen LogP contribution in [-0.2, 0) is 10.8 Å². The minimum atomic E-state index is 0.0412. The topological polar surface area (TPSA) is 25.8 Å². The fourth-order valence-electron chi connectivity index (χ4n) is 5.79. The Balaban J connectivity index is 1.63. The Morgan fingerprint density at radius 3 is 2.36 bits per heavy atom. The second-order valence-corrected chi connectivity index (χ2v) is 9.56. The zero-order valence-electron chi connectivity index (χ0n) is 15.3. The van der Waals surface area contributed by atoms with E-state index in [1.54, 1.807) is 0 Å². The van der Waals surface area contributed by atoms with Gasteiger partial charge in [0.1, 0.15) is 0 Å². The highest BCUT2D eigenvalue weighted by Gasteiger charge is 2.61. The third-order valence-electron chi connectivity index (χ3n) is 8.04. The van der Waals surface area contributed by atoms with Crippen molar-refractivity contribution >= 4 is 11.6 Å². The molecule has 5 rings (SSSR count). The first-order valence-electron chi connectivity index (χ1n) is 9.53. The smallest absolute Gasteiger partial charge is 0.0739 e. The van der Waals surface area contributed by atoms with Gasteiger partial charge < -0.3 is 0 Å². The lowest BCUT2D eigenvalue weighted by Crippen LogP contribution is -2.37. The summed E-state index contributed by atoms with van der Waals surface area (Å²) in [5.41, 5.74) is 5.77. The Morgan fingerprint density at radius 2 is 1.72 bits per heavy atom. The van der Waals surface area contributed by atoms with Gasteiger partial charge in [-0.15, -0.1) is 0 Å². The van der Waals surface area contributed by atoms with Gasteiger partial charge in [-0.1, -0.05) is 50.9 Å². The number of aromatic nitrogens is 2. The van der Waals surface area contributed by atoms with Crippen LogP contribution in [0.2, 0.25) is 5.02 Å². The maximum Gasteiger partial charge on any atom is 0.0739 e. The molecule has 130 valence electrons. The van der Waals surface area contributed by atoms with Crippen molar-refractivity contribution in [2.24, 2.45) is 5.41 Å². The molecule has 1 aromatic heterocycles. The number of halogens is 1. The number of hydrogen-bond donors (Lipinski definition) is 0. The molecular weight excluding hydrogens is 328 g/mol. The Labute approximate surface area is 155 Å². The maximum atomic E-state index is 6.11. The number of fused-ring (bicyclic) bond motifs is 5. The van der Waals surface area contributed by atoms with E-state index in [2.05, 4.69) is 39.0 Å².